The van der Waals surface area contributed by atoms with Gasteiger partial charge >= 0.3 is 5.97 Å². The molecule has 2 aromatic heterocycles. The molecule has 208 valence electrons. The van der Waals surface area contributed by atoms with E-state index in [0.717, 1.165) is 0 Å². The van der Waals surface area contributed by atoms with Crippen molar-refractivity contribution < 1.29 is 23.6 Å². The Morgan fingerprint density at radius 1 is 1.22 bits per heavy atom. The zero-order valence-electron chi connectivity index (χ0n) is 22.2. The highest BCUT2D eigenvalue weighted by Gasteiger charge is 2.33. The molecule has 0 fully saturated rings. The molecule has 0 bridgehead atoms. The van der Waals surface area contributed by atoms with Gasteiger partial charge in [0, 0.05) is 23.8 Å². The van der Waals surface area contributed by atoms with Gasteiger partial charge in [-0.3, -0.25) is 19.5 Å². The van der Waals surface area contributed by atoms with Crippen LogP contribution in [0.25, 0.3) is 17.4 Å². The maximum absolute atomic E-state index is 13.8. The fraction of sp³-hybridized carbons (Fsp3) is 0.167. The number of hydrogen-bond acceptors (Lipinski definition) is 9. The molecular formula is C30H25N3O7S. The van der Waals surface area contributed by atoms with E-state index in [-0.39, 0.29) is 23.4 Å². The molecule has 0 radical (unpaired) electrons. The molecule has 2 aromatic carbocycles. The number of carbonyl (C=O) groups excluding carboxylic acids is 1. The number of nitro benzene ring substituents is 1. The number of aromatic nitrogens is 1. The Morgan fingerprint density at radius 3 is 2.71 bits per heavy atom. The third kappa shape index (κ3) is 5.52. The first-order chi connectivity index (χ1) is 19.8. The molecule has 5 rings (SSSR count). The molecule has 41 heavy (non-hydrogen) atoms. The second kappa shape index (κ2) is 11.6. The number of furan rings is 1. The Balaban J connectivity index is 1.59. The van der Waals surface area contributed by atoms with Crippen molar-refractivity contribution in [2.75, 3.05) is 13.2 Å². The predicted molar refractivity (Wildman–Crippen MR) is 153 cm³/mol. The normalized spacial score (nSPS) is 14.8. The standard InChI is InChI=1S/C30H25N3O7S/c1-4-15-39-22-11-9-19(10-12-22)27-26(29(35)38-5-2)18(3)31-30-32(27)28(34)25(41-30)17-23-13-14-24(40-23)20-7-6-8-21(16-20)33(36)37/h4,6-14,16-17,27H,1,5,15H2,2-3H3/b25-17-/t27-/m0/s1. The first-order valence-corrected chi connectivity index (χ1v) is 13.5. The average molecular weight is 572 g/mol. The summed E-state index contributed by atoms with van der Waals surface area (Å²) in [5.41, 5.74) is 1.55. The van der Waals surface area contributed by atoms with Crippen LogP contribution in [0.5, 0.6) is 5.75 Å². The minimum absolute atomic E-state index is 0.0539. The maximum atomic E-state index is 13.8. The van der Waals surface area contributed by atoms with Crippen LogP contribution in [0, 0.1) is 10.1 Å². The zero-order chi connectivity index (χ0) is 29.1. The van der Waals surface area contributed by atoms with Crippen LogP contribution in [0.2, 0.25) is 0 Å². The van der Waals surface area contributed by atoms with Crippen molar-refractivity contribution in [3.8, 4) is 17.1 Å². The summed E-state index contributed by atoms with van der Waals surface area (Å²) in [7, 11) is 0. The number of hydrogen-bond donors (Lipinski definition) is 0. The Hall–Kier alpha value is -5.03. The van der Waals surface area contributed by atoms with Crippen LogP contribution in [-0.2, 0) is 9.53 Å². The maximum Gasteiger partial charge on any atom is 0.338 e. The molecule has 0 unspecified atom stereocenters. The van der Waals surface area contributed by atoms with Gasteiger partial charge in [-0.05, 0) is 43.7 Å². The number of fused-ring (bicyclic) bond motifs is 1. The van der Waals surface area contributed by atoms with Gasteiger partial charge in [-0.25, -0.2) is 9.79 Å². The summed E-state index contributed by atoms with van der Waals surface area (Å²) in [5, 5.41) is 11.2. The number of allylic oxidation sites excluding steroid dienone is 1. The van der Waals surface area contributed by atoms with Crippen LogP contribution in [0.15, 0.2) is 98.8 Å². The fourth-order valence-corrected chi connectivity index (χ4v) is 5.52. The highest BCUT2D eigenvalue weighted by Crippen LogP contribution is 2.32. The van der Waals surface area contributed by atoms with Crippen molar-refractivity contribution in [2.24, 2.45) is 4.99 Å². The van der Waals surface area contributed by atoms with Crippen LogP contribution in [0.1, 0.15) is 31.2 Å². The van der Waals surface area contributed by atoms with Crippen molar-refractivity contribution >= 4 is 29.1 Å². The number of non-ortho nitro benzene ring substituents is 1. The number of nitro groups is 1. The van der Waals surface area contributed by atoms with Gasteiger partial charge in [-0.2, -0.15) is 0 Å². The monoisotopic (exact) mass is 571 g/mol. The number of nitrogens with zero attached hydrogens (tertiary/aromatic N) is 3. The Morgan fingerprint density at radius 2 is 2.00 bits per heavy atom. The Labute approximate surface area is 238 Å². The summed E-state index contributed by atoms with van der Waals surface area (Å²) in [6.45, 7) is 7.60. The van der Waals surface area contributed by atoms with Crippen LogP contribution >= 0.6 is 11.3 Å². The summed E-state index contributed by atoms with van der Waals surface area (Å²) < 4.78 is 18.7. The van der Waals surface area contributed by atoms with Crippen LogP contribution in [-0.4, -0.2) is 28.7 Å². The molecule has 11 heteroatoms. The molecule has 0 saturated heterocycles. The molecule has 0 amide bonds. The van der Waals surface area contributed by atoms with E-state index in [4.69, 9.17) is 13.9 Å². The molecule has 10 nitrogen and oxygen atoms in total. The van der Waals surface area contributed by atoms with Crippen LogP contribution in [0.3, 0.4) is 0 Å². The Bertz CT molecular complexity index is 1860. The third-order valence-corrected chi connectivity index (χ3v) is 7.31. The number of esters is 1. The van der Waals surface area contributed by atoms with E-state index in [1.807, 2.05) is 0 Å². The van der Waals surface area contributed by atoms with Gasteiger partial charge in [0.1, 0.15) is 23.9 Å². The summed E-state index contributed by atoms with van der Waals surface area (Å²) in [6.07, 6.45) is 3.24. The lowest BCUT2D eigenvalue weighted by Gasteiger charge is -2.24. The molecule has 0 spiro atoms. The van der Waals surface area contributed by atoms with Crippen LogP contribution in [0.4, 0.5) is 5.69 Å². The SMILES string of the molecule is C=CCOc1ccc([C@H]2C(C(=O)OCC)=C(C)N=c3s/c(=C\c4ccc(-c5cccc([N+](=O)[O-])c5)o4)c(=O)n32)cc1. The lowest BCUT2D eigenvalue weighted by atomic mass is 9.96. The highest BCUT2D eigenvalue weighted by molar-refractivity contribution is 7.07. The van der Waals surface area contributed by atoms with Crippen LogP contribution < -0.4 is 19.6 Å². The lowest BCUT2D eigenvalue weighted by Crippen LogP contribution is -2.39. The van der Waals surface area contributed by atoms with E-state index < -0.39 is 16.9 Å². The highest BCUT2D eigenvalue weighted by atomic mass is 32.1. The molecule has 1 atom stereocenters. The fourth-order valence-electron chi connectivity index (χ4n) is 4.50. The number of benzene rings is 2. The minimum atomic E-state index is -0.766. The van der Waals surface area contributed by atoms with E-state index in [0.29, 0.717) is 50.0 Å². The summed E-state index contributed by atoms with van der Waals surface area (Å²) in [4.78, 5) is 42.6. The summed E-state index contributed by atoms with van der Waals surface area (Å²) >= 11 is 1.17. The van der Waals surface area contributed by atoms with Gasteiger partial charge in [0.15, 0.2) is 4.80 Å². The first kappa shape index (κ1) is 27.5. The zero-order valence-corrected chi connectivity index (χ0v) is 23.1. The Kier molecular flexibility index (Phi) is 7.79. The predicted octanol–water partition coefficient (Wildman–Crippen LogP) is 4.53. The van der Waals surface area contributed by atoms with Gasteiger partial charge in [-0.1, -0.05) is 48.3 Å². The van der Waals surface area contributed by atoms with E-state index in [1.54, 1.807) is 74.5 Å². The van der Waals surface area contributed by atoms with Crippen molar-refractivity contribution in [3.63, 3.8) is 0 Å². The number of thiazole rings is 1. The molecule has 1 aliphatic rings. The van der Waals surface area contributed by atoms with Gasteiger partial charge in [0.2, 0.25) is 0 Å². The lowest BCUT2D eigenvalue weighted by molar-refractivity contribution is -0.384. The van der Waals surface area contributed by atoms with Gasteiger partial charge in [0.05, 0.1) is 33.4 Å². The molecule has 0 saturated carbocycles. The number of ether oxygens (including phenoxy) is 2. The topological polar surface area (TPSA) is 126 Å². The second-order valence-corrected chi connectivity index (χ2v) is 9.99. The molecule has 0 N–H and O–H groups in total. The molecular weight excluding hydrogens is 546 g/mol. The third-order valence-electron chi connectivity index (χ3n) is 6.32. The largest absolute Gasteiger partial charge is 0.490 e. The minimum Gasteiger partial charge on any atom is -0.490 e. The van der Waals surface area contributed by atoms with E-state index in [9.17, 15) is 19.7 Å². The van der Waals surface area contributed by atoms with E-state index in [2.05, 4.69) is 11.6 Å². The summed E-state index contributed by atoms with van der Waals surface area (Å²) in [5.74, 6) is 0.882. The molecule has 0 aliphatic carbocycles. The van der Waals surface area contributed by atoms with E-state index >= 15 is 0 Å². The molecule has 1 aliphatic heterocycles. The van der Waals surface area contributed by atoms with Crippen molar-refractivity contribution in [3.05, 3.63) is 126 Å². The number of carbonyl (C=O) groups is 1. The van der Waals surface area contributed by atoms with Gasteiger partial charge in [-0.15, -0.1) is 0 Å². The molecule has 4 aromatic rings. The van der Waals surface area contributed by atoms with Gasteiger partial charge < -0.3 is 13.9 Å². The number of rotatable bonds is 9. The smallest absolute Gasteiger partial charge is 0.338 e. The summed E-state index contributed by atoms with van der Waals surface area (Å²) in [6, 6.07) is 15.8. The van der Waals surface area contributed by atoms with Crippen molar-refractivity contribution in [1.29, 1.82) is 0 Å². The first-order valence-electron chi connectivity index (χ1n) is 12.7. The van der Waals surface area contributed by atoms with E-state index in [1.165, 1.54) is 28.0 Å². The van der Waals surface area contributed by atoms with Crippen molar-refractivity contribution in [2.45, 2.75) is 19.9 Å². The molecule has 3 heterocycles. The second-order valence-electron chi connectivity index (χ2n) is 8.98. The van der Waals surface area contributed by atoms with Gasteiger partial charge in [0.25, 0.3) is 11.2 Å². The van der Waals surface area contributed by atoms with Crippen molar-refractivity contribution in [1.82, 2.24) is 4.57 Å². The average Bonchev–Trinajstić information content (AvgIpc) is 3.56. The quantitative estimate of drug-likeness (QED) is 0.125.